The maximum Gasteiger partial charge on any atom is 0.255 e. The molecule has 24 heavy (non-hydrogen) atoms. The first kappa shape index (κ1) is 16.0. The fraction of sp³-hybridized carbons (Fsp3) is 0.684. The standard InChI is InChI=1S/C19H27N3O2/c23-18(16-3-1-8-20-13-16)22-9-2-5-19(15-22)6-10-21(11-7-19)17-4-12-24-14-17/h1,3,8,13,17H,2,4-7,9-12,14-15H2. The number of ether oxygens (including phenoxy) is 1. The Morgan fingerprint density at radius 1 is 1.25 bits per heavy atom. The van der Waals surface area contributed by atoms with Crippen LogP contribution in [0.1, 0.15) is 42.5 Å². The number of rotatable bonds is 2. The number of piperidine rings is 2. The number of likely N-dealkylation sites (tertiary alicyclic amines) is 2. The van der Waals surface area contributed by atoms with Gasteiger partial charge in [-0.05, 0) is 62.7 Å². The monoisotopic (exact) mass is 329 g/mol. The molecule has 0 aromatic carbocycles. The Balaban J connectivity index is 1.39. The molecule has 0 bridgehead atoms. The molecule has 3 aliphatic heterocycles. The van der Waals surface area contributed by atoms with Crippen LogP contribution in [0, 0.1) is 5.41 Å². The summed E-state index contributed by atoms with van der Waals surface area (Å²) < 4.78 is 5.54. The van der Waals surface area contributed by atoms with E-state index in [-0.39, 0.29) is 5.91 Å². The zero-order valence-corrected chi connectivity index (χ0v) is 14.3. The number of aromatic nitrogens is 1. The van der Waals surface area contributed by atoms with Crippen LogP contribution in [-0.2, 0) is 4.74 Å². The number of pyridine rings is 1. The van der Waals surface area contributed by atoms with Crippen LogP contribution in [0.2, 0.25) is 0 Å². The normalized spacial score (nSPS) is 27.5. The smallest absolute Gasteiger partial charge is 0.255 e. The molecule has 4 rings (SSSR count). The fourth-order valence-corrected chi connectivity index (χ4v) is 4.63. The highest BCUT2D eigenvalue weighted by Crippen LogP contribution is 2.41. The van der Waals surface area contributed by atoms with Gasteiger partial charge in [-0.3, -0.25) is 14.7 Å². The number of hydrogen-bond donors (Lipinski definition) is 0. The number of nitrogens with zero attached hydrogens (tertiary/aromatic N) is 3. The summed E-state index contributed by atoms with van der Waals surface area (Å²) in [5.74, 6) is 0.147. The van der Waals surface area contributed by atoms with E-state index in [4.69, 9.17) is 4.74 Å². The Morgan fingerprint density at radius 2 is 2.12 bits per heavy atom. The minimum absolute atomic E-state index is 0.147. The second kappa shape index (κ2) is 6.81. The summed E-state index contributed by atoms with van der Waals surface area (Å²) in [6.07, 6.45) is 9.39. The molecule has 1 unspecified atom stereocenters. The lowest BCUT2D eigenvalue weighted by atomic mass is 9.72. The third-order valence-corrected chi connectivity index (χ3v) is 6.14. The Hall–Kier alpha value is -1.46. The molecule has 1 aromatic rings. The van der Waals surface area contributed by atoms with Crippen LogP contribution in [0.4, 0.5) is 0 Å². The van der Waals surface area contributed by atoms with Crippen molar-refractivity contribution < 1.29 is 9.53 Å². The molecule has 5 nitrogen and oxygen atoms in total. The Labute approximate surface area is 144 Å². The SMILES string of the molecule is O=C(c1cccnc1)N1CCCC2(CCN(C3CCOC3)CC2)C1. The number of carbonyl (C=O) groups is 1. The largest absolute Gasteiger partial charge is 0.380 e. The number of amides is 1. The molecular formula is C19H27N3O2. The van der Waals surface area contributed by atoms with Gasteiger partial charge in [-0.25, -0.2) is 0 Å². The molecule has 0 saturated carbocycles. The summed E-state index contributed by atoms with van der Waals surface area (Å²) in [7, 11) is 0. The van der Waals surface area contributed by atoms with E-state index in [0.29, 0.717) is 11.5 Å². The molecule has 3 saturated heterocycles. The van der Waals surface area contributed by atoms with Gasteiger partial charge in [0.1, 0.15) is 0 Å². The van der Waals surface area contributed by atoms with Crippen molar-refractivity contribution in [3.8, 4) is 0 Å². The van der Waals surface area contributed by atoms with E-state index < -0.39 is 0 Å². The molecule has 4 heterocycles. The number of carbonyl (C=O) groups excluding carboxylic acids is 1. The zero-order chi connectivity index (χ0) is 16.4. The van der Waals surface area contributed by atoms with E-state index in [1.807, 2.05) is 12.1 Å². The Bertz CT molecular complexity index is 563. The second-order valence-corrected chi connectivity index (χ2v) is 7.63. The quantitative estimate of drug-likeness (QED) is 0.834. The van der Waals surface area contributed by atoms with E-state index in [9.17, 15) is 4.79 Å². The summed E-state index contributed by atoms with van der Waals surface area (Å²) in [6, 6.07) is 4.34. The molecule has 3 aliphatic rings. The molecular weight excluding hydrogens is 302 g/mol. The van der Waals surface area contributed by atoms with Crippen molar-refractivity contribution in [3.63, 3.8) is 0 Å². The topological polar surface area (TPSA) is 45.7 Å². The van der Waals surface area contributed by atoms with Crippen LogP contribution in [0.25, 0.3) is 0 Å². The van der Waals surface area contributed by atoms with Gasteiger partial charge >= 0.3 is 0 Å². The molecule has 1 atom stereocenters. The third kappa shape index (κ3) is 3.20. The van der Waals surface area contributed by atoms with Gasteiger partial charge in [-0.1, -0.05) is 0 Å². The van der Waals surface area contributed by atoms with Crippen molar-refractivity contribution in [1.82, 2.24) is 14.8 Å². The van der Waals surface area contributed by atoms with Gasteiger partial charge in [0, 0.05) is 38.1 Å². The predicted molar refractivity (Wildman–Crippen MR) is 91.8 cm³/mol. The minimum atomic E-state index is 0.147. The van der Waals surface area contributed by atoms with Gasteiger partial charge in [0.2, 0.25) is 0 Å². The van der Waals surface area contributed by atoms with Crippen molar-refractivity contribution in [2.75, 3.05) is 39.4 Å². The Kier molecular flexibility index (Phi) is 4.55. The van der Waals surface area contributed by atoms with E-state index in [1.54, 1.807) is 12.4 Å². The molecule has 1 amide bonds. The molecule has 130 valence electrons. The lowest BCUT2D eigenvalue weighted by molar-refractivity contribution is 0.00992. The van der Waals surface area contributed by atoms with E-state index in [1.165, 1.54) is 25.7 Å². The molecule has 0 aliphatic carbocycles. The van der Waals surface area contributed by atoms with Crippen molar-refractivity contribution in [1.29, 1.82) is 0 Å². The highest BCUT2D eigenvalue weighted by atomic mass is 16.5. The molecule has 0 N–H and O–H groups in total. The highest BCUT2D eigenvalue weighted by molar-refractivity contribution is 5.93. The third-order valence-electron chi connectivity index (χ3n) is 6.14. The average Bonchev–Trinajstić information content (AvgIpc) is 3.17. The molecule has 5 heteroatoms. The summed E-state index contributed by atoms with van der Waals surface area (Å²) in [5.41, 5.74) is 1.04. The van der Waals surface area contributed by atoms with Gasteiger partial charge in [0.15, 0.2) is 0 Å². The van der Waals surface area contributed by atoms with Gasteiger partial charge in [0.25, 0.3) is 5.91 Å². The molecule has 3 fully saturated rings. The van der Waals surface area contributed by atoms with E-state index >= 15 is 0 Å². The minimum Gasteiger partial charge on any atom is -0.380 e. The van der Waals surface area contributed by atoms with Gasteiger partial charge in [0.05, 0.1) is 12.2 Å². The maximum atomic E-state index is 12.8. The first-order valence-corrected chi connectivity index (χ1v) is 9.27. The van der Waals surface area contributed by atoms with Gasteiger partial charge < -0.3 is 9.64 Å². The van der Waals surface area contributed by atoms with Crippen molar-refractivity contribution >= 4 is 5.91 Å². The van der Waals surface area contributed by atoms with Crippen LogP contribution in [-0.4, -0.2) is 66.1 Å². The lowest BCUT2D eigenvalue weighted by Crippen LogP contribution is -2.52. The van der Waals surface area contributed by atoms with Crippen molar-refractivity contribution in [2.24, 2.45) is 5.41 Å². The van der Waals surface area contributed by atoms with Crippen LogP contribution in [0.3, 0.4) is 0 Å². The zero-order valence-electron chi connectivity index (χ0n) is 14.3. The Morgan fingerprint density at radius 3 is 2.83 bits per heavy atom. The van der Waals surface area contributed by atoms with Crippen LogP contribution in [0.15, 0.2) is 24.5 Å². The fourth-order valence-electron chi connectivity index (χ4n) is 4.63. The summed E-state index contributed by atoms with van der Waals surface area (Å²) in [4.78, 5) is 21.5. The lowest BCUT2D eigenvalue weighted by Gasteiger charge is -2.48. The second-order valence-electron chi connectivity index (χ2n) is 7.63. The van der Waals surface area contributed by atoms with Crippen molar-refractivity contribution in [2.45, 2.75) is 38.1 Å². The average molecular weight is 329 g/mol. The number of hydrogen-bond acceptors (Lipinski definition) is 4. The van der Waals surface area contributed by atoms with Crippen LogP contribution < -0.4 is 0 Å². The van der Waals surface area contributed by atoms with Crippen LogP contribution >= 0.6 is 0 Å². The first-order valence-electron chi connectivity index (χ1n) is 9.27. The van der Waals surface area contributed by atoms with Crippen molar-refractivity contribution in [3.05, 3.63) is 30.1 Å². The molecule has 1 aromatic heterocycles. The highest BCUT2D eigenvalue weighted by Gasteiger charge is 2.41. The summed E-state index contributed by atoms with van der Waals surface area (Å²) in [6.45, 7) is 5.93. The first-order chi connectivity index (χ1) is 11.8. The summed E-state index contributed by atoms with van der Waals surface area (Å²) in [5, 5.41) is 0. The van der Waals surface area contributed by atoms with E-state index in [2.05, 4.69) is 14.8 Å². The van der Waals surface area contributed by atoms with E-state index in [0.717, 1.165) is 51.4 Å². The molecule has 0 radical (unpaired) electrons. The maximum absolute atomic E-state index is 12.8. The van der Waals surface area contributed by atoms with Gasteiger partial charge in [-0.15, -0.1) is 0 Å². The van der Waals surface area contributed by atoms with Crippen LogP contribution in [0.5, 0.6) is 0 Å². The molecule has 1 spiro atoms. The summed E-state index contributed by atoms with van der Waals surface area (Å²) >= 11 is 0. The van der Waals surface area contributed by atoms with Gasteiger partial charge in [-0.2, -0.15) is 0 Å². The predicted octanol–water partition coefficient (Wildman–Crippen LogP) is 2.19.